The normalized spacial score (nSPS) is 24.1. The maximum atomic E-state index is 14.2. The zero-order valence-electron chi connectivity index (χ0n) is 23.3. The predicted octanol–water partition coefficient (Wildman–Crippen LogP) is 3.40. The summed E-state index contributed by atoms with van der Waals surface area (Å²) in [5, 5.41) is 13.4. The Morgan fingerprint density at radius 3 is 2.56 bits per heavy atom. The maximum Gasteiger partial charge on any atom is 0.408 e. The molecule has 2 aromatic carbocycles. The van der Waals surface area contributed by atoms with Gasteiger partial charge in [0.05, 0.1) is 43.3 Å². The number of rotatable bonds is 11. The number of alkyl carbamates (subject to hydrolysis) is 1. The molecule has 2 saturated heterocycles. The van der Waals surface area contributed by atoms with Crippen LogP contribution in [0, 0.1) is 5.92 Å². The number of carbonyl (C=O) groups is 1. The Balaban J connectivity index is 1.43. The molecule has 11 nitrogen and oxygen atoms in total. The quantitative estimate of drug-likeness (QED) is 0.378. The predicted molar refractivity (Wildman–Crippen MR) is 148 cm³/mol. The number of hydrogen-bond donors (Lipinski definition) is 2. The van der Waals surface area contributed by atoms with Gasteiger partial charge in [0.25, 0.3) is 0 Å². The maximum absolute atomic E-state index is 14.2. The Labute approximate surface area is 240 Å². The Hall–Kier alpha value is -2.90. The van der Waals surface area contributed by atoms with E-state index >= 15 is 0 Å². The van der Waals surface area contributed by atoms with Crippen LogP contribution < -0.4 is 14.8 Å². The molecule has 1 aliphatic carbocycles. The average Bonchev–Trinajstić information content (AvgIpc) is 3.72. The van der Waals surface area contributed by atoms with E-state index in [1.165, 1.54) is 26.2 Å². The molecule has 0 bridgehead atoms. The van der Waals surface area contributed by atoms with E-state index in [0.717, 1.165) is 30.0 Å². The van der Waals surface area contributed by atoms with Crippen LogP contribution in [-0.4, -0.2) is 75.0 Å². The summed E-state index contributed by atoms with van der Waals surface area (Å²) in [6, 6.07) is 13.4. The van der Waals surface area contributed by atoms with Crippen molar-refractivity contribution in [3.05, 3.63) is 54.1 Å². The second-order valence-corrected chi connectivity index (χ2v) is 12.6. The minimum Gasteiger partial charge on any atom is -0.493 e. The standard InChI is InChI=1S/C29H38N2O9S/c1-19(32)27(30-29(33)40-26-18-38-28-23(26)14-15-37-28)31(17-20-8-4-3-5-9-20)41(34,35)22-12-13-24(36-2)25(16-22)39-21-10-6-7-11-21/h3-5,8-9,12-13,16,19,21,23,26-28,32H,6-7,10-11,14-15,17-18H2,1-2H3,(H,30,33)/t19-,23+,26+,27+,28-/m1/s1. The first-order valence-corrected chi connectivity index (χ1v) is 15.5. The Morgan fingerprint density at radius 2 is 1.85 bits per heavy atom. The van der Waals surface area contributed by atoms with Gasteiger partial charge in [-0.1, -0.05) is 30.3 Å². The van der Waals surface area contributed by atoms with E-state index in [2.05, 4.69) is 5.32 Å². The van der Waals surface area contributed by atoms with E-state index in [0.29, 0.717) is 30.1 Å². The van der Waals surface area contributed by atoms with Crippen LogP contribution in [0.2, 0.25) is 0 Å². The molecule has 5 rings (SSSR count). The summed E-state index contributed by atoms with van der Waals surface area (Å²) in [5.74, 6) is 0.662. The van der Waals surface area contributed by atoms with Crippen LogP contribution in [0.15, 0.2) is 53.4 Å². The summed E-state index contributed by atoms with van der Waals surface area (Å²) in [6.07, 6.45) is 0.122. The zero-order valence-corrected chi connectivity index (χ0v) is 24.1. The second kappa shape index (κ2) is 13.0. The first-order valence-electron chi connectivity index (χ1n) is 14.0. The van der Waals surface area contributed by atoms with Gasteiger partial charge in [-0.05, 0) is 56.7 Å². The van der Waals surface area contributed by atoms with Crippen molar-refractivity contribution in [2.24, 2.45) is 5.92 Å². The van der Waals surface area contributed by atoms with E-state index in [1.54, 1.807) is 30.3 Å². The summed E-state index contributed by atoms with van der Waals surface area (Å²) in [6.45, 7) is 2.00. The van der Waals surface area contributed by atoms with Gasteiger partial charge < -0.3 is 34.1 Å². The highest BCUT2D eigenvalue weighted by Gasteiger charge is 2.44. The van der Waals surface area contributed by atoms with E-state index in [9.17, 15) is 18.3 Å². The lowest BCUT2D eigenvalue weighted by molar-refractivity contribution is -0.0907. The lowest BCUT2D eigenvalue weighted by atomic mass is 10.0. The minimum atomic E-state index is -4.29. The number of sulfonamides is 1. The third-order valence-electron chi connectivity index (χ3n) is 7.80. The molecular weight excluding hydrogens is 552 g/mol. The number of methoxy groups -OCH3 is 1. The lowest BCUT2D eigenvalue weighted by Gasteiger charge is -2.33. The van der Waals surface area contributed by atoms with Crippen molar-refractivity contribution < 1.29 is 42.0 Å². The third kappa shape index (κ3) is 6.78. The minimum absolute atomic E-state index is 0.0200. The van der Waals surface area contributed by atoms with Crippen molar-refractivity contribution in [1.29, 1.82) is 0 Å². The fraction of sp³-hybridized carbons (Fsp3) is 0.552. The van der Waals surface area contributed by atoms with Crippen molar-refractivity contribution in [3.8, 4) is 11.5 Å². The number of fused-ring (bicyclic) bond motifs is 1. The van der Waals surface area contributed by atoms with Gasteiger partial charge >= 0.3 is 6.09 Å². The van der Waals surface area contributed by atoms with Crippen LogP contribution in [0.3, 0.4) is 0 Å². The lowest BCUT2D eigenvalue weighted by Crippen LogP contribution is -2.56. The molecule has 0 unspecified atom stereocenters. The fourth-order valence-electron chi connectivity index (χ4n) is 5.60. The number of ether oxygens (including phenoxy) is 5. The van der Waals surface area contributed by atoms with Gasteiger partial charge in [-0.15, -0.1) is 0 Å². The van der Waals surface area contributed by atoms with Crippen LogP contribution in [0.1, 0.15) is 44.6 Å². The van der Waals surface area contributed by atoms with Gasteiger partial charge in [0.1, 0.15) is 12.3 Å². The van der Waals surface area contributed by atoms with Gasteiger partial charge in [-0.2, -0.15) is 4.31 Å². The summed E-state index contributed by atoms with van der Waals surface area (Å²) >= 11 is 0. The molecular formula is C29H38N2O9S. The van der Waals surface area contributed by atoms with Crippen LogP contribution in [0.25, 0.3) is 0 Å². The molecule has 1 saturated carbocycles. The number of carbonyl (C=O) groups excluding carboxylic acids is 1. The van der Waals surface area contributed by atoms with Gasteiger partial charge in [0.15, 0.2) is 17.8 Å². The summed E-state index contributed by atoms with van der Waals surface area (Å²) in [5.41, 5.74) is 0.669. The zero-order chi connectivity index (χ0) is 29.0. The van der Waals surface area contributed by atoms with E-state index in [4.69, 9.17) is 23.7 Å². The highest BCUT2D eigenvalue weighted by molar-refractivity contribution is 7.89. The van der Waals surface area contributed by atoms with E-state index < -0.39 is 40.8 Å². The molecule has 0 spiro atoms. The van der Waals surface area contributed by atoms with Gasteiger partial charge in [-0.3, -0.25) is 0 Å². The molecule has 0 aromatic heterocycles. The van der Waals surface area contributed by atoms with Crippen molar-refractivity contribution in [2.75, 3.05) is 20.3 Å². The Kier molecular flexibility index (Phi) is 9.35. The fourth-order valence-corrected chi connectivity index (χ4v) is 7.21. The van der Waals surface area contributed by atoms with Gasteiger partial charge in [0, 0.05) is 12.6 Å². The summed E-state index contributed by atoms with van der Waals surface area (Å²) in [4.78, 5) is 13.0. The average molecular weight is 591 g/mol. The topological polar surface area (TPSA) is 133 Å². The molecule has 12 heteroatoms. The van der Waals surface area contributed by atoms with Gasteiger partial charge in [0.2, 0.25) is 10.0 Å². The number of nitrogens with zero attached hydrogens (tertiary/aromatic N) is 1. The molecule has 0 radical (unpaired) electrons. The number of amides is 1. The third-order valence-corrected chi connectivity index (χ3v) is 9.62. The molecule has 2 heterocycles. The van der Waals surface area contributed by atoms with Crippen molar-refractivity contribution >= 4 is 16.1 Å². The van der Waals surface area contributed by atoms with Crippen molar-refractivity contribution in [2.45, 2.75) is 81.2 Å². The Bertz CT molecular complexity index is 1280. The monoisotopic (exact) mass is 590 g/mol. The first kappa shape index (κ1) is 29.6. The molecule has 5 atom stereocenters. The largest absolute Gasteiger partial charge is 0.493 e. The van der Waals surface area contributed by atoms with E-state index in [1.807, 2.05) is 6.07 Å². The van der Waals surface area contributed by atoms with E-state index in [-0.39, 0.29) is 30.1 Å². The molecule has 2 aromatic rings. The van der Waals surface area contributed by atoms with Crippen LogP contribution in [-0.2, 0) is 30.8 Å². The van der Waals surface area contributed by atoms with Crippen LogP contribution in [0.5, 0.6) is 11.5 Å². The number of aliphatic hydroxyl groups is 1. The molecule has 224 valence electrons. The van der Waals surface area contributed by atoms with Crippen molar-refractivity contribution in [1.82, 2.24) is 9.62 Å². The summed E-state index contributed by atoms with van der Waals surface area (Å²) < 4.78 is 57.8. The summed E-state index contributed by atoms with van der Waals surface area (Å²) in [7, 11) is -2.79. The van der Waals surface area contributed by atoms with Crippen molar-refractivity contribution in [3.63, 3.8) is 0 Å². The molecule has 3 aliphatic rings. The van der Waals surface area contributed by atoms with Crippen LogP contribution in [0.4, 0.5) is 4.79 Å². The van der Waals surface area contributed by atoms with Crippen LogP contribution >= 0.6 is 0 Å². The highest BCUT2D eigenvalue weighted by atomic mass is 32.2. The van der Waals surface area contributed by atoms with Gasteiger partial charge in [-0.25, -0.2) is 13.2 Å². The number of hydrogen-bond acceptors (Lipinski definition) is 9. The molecule has 41 heavy (non-hydrogen) atoms. The molecule has 3 fully saturated rings. The smallest absolute Gasteiger partial charge is 0.408 e. The molecule has 2 aliphatic heterocycles. The Morgan fingerprint density at radius 1 is 1.10 bits per heavy atom. The number of benzene rings is 2. The molecule has 2 N–H and O–H groups in total. The first-order chi connectivity index (χ1) is 19.8. The number of aliphatic hydroxyl groups excluding tert-OH is 1. The second-order valence-electron chi connectivity index (χ2n) is 10.7. The SMILES string of the molecule is COc1ccc(S(=O)(=O)N(Cc2ccccc2)[C@H](NC(=O)O[C@H]2CO[C@H]3OCC[C@H]32)[C@@H](C)O)cc1OC1CCCC1. The molecule has 1 amide bonds. The number of nitrogens with one attached hydrogen (secondary N) is 1. The highest BCUT2D eigenvalue weighted by Crippen LogP contribution is 2.36.